The molecule has 2 fully saturated rings. The van der Waals surface area contributed by atoms with E-state index < -0.39 is 0 Å². The second-order valence-corrected chi connectivity index (χ2v) is 6.78. The van der Waals surface area contributed by atoms with Gasteiger partial charge in [-0.25, -0.2) is 0 Å². The third-order valence-electron chi connectivity index (χ3n) is 4.84. The van der Waals surface area contributed by atoms with Gasteiger partial charge in [0.05, 0.1) is 19.8 Å². The number of hydrogen-bond donors (Lipinski definition) is 1. The average Bonchev–Trinajstić information content (AvgIpc) is 2.68. The van der Waals surface area contributed by atoms with Crippen LogP contribution in [0.15, 0.2) is 30.3 Å². The number of nitrogens with one attached hydrogen (secondary N) is 1. The fourth-order valence-electron chi connectivity index (χ4n) is 3.40. The SMILES string of the molecule is CC(CN1CCOCC1)N(Cc1ccccc1)C(=O)C1CNCCO1. The highest BCUT2D eigenvalue weighted by atomic mass is 16.5. The number of carbonyl (C=O) groups is 1. The lowest BCUT2D eigenvalue weighted by Gasteiger charge is -2.37. The van der Waals surface area contributed by atoms with E-state index in [9.17, 15) is 4.79 Å². The zero-order valence-corrected chi connectivity index (χ0v) is 15.0. The third kappa shape index (κ3) is 5.25. The van der Waals surface area contributed by atoms with Crippen LogP contribution < -0.4 is 5.32 Å². The van der Waals surface area contributed by atoms with Gasteiger partial charge in [0, 0.05) is 45.3 Å². The molecule has 2 atom stereocenters. The van der Waals surface area contributed by atoms with Crippen LogP contribution >= 0.6 is 0 Å². The van der Waals surface area contributed by atoms with Crippen LogP contribution in [0.4, 0.5) is 0 Å². The van der Waals surface area contributed by atoms with E-state index in [0.29, 0.717) is 19.7 Å². The predicted octanol–water partition coefficient (Wildman–Crippen LogP) is 0.724. The Bertz CT molecular complexity index is 528. The third-order valence-corrected chi connectivity index (χ3v) is 4.84. The fourth-order valence-corrected chi connectivity index (χ4v) is 3.40. The topological polar surface area (TPSA) is 54.0 Å². The van der Waals surface area contributed by atoms with E-state index >= 15 is 0 Å². The van der Waals surface area contributed by atoms with Crippen LogP contribution in [0, 0.1) is 0 Å². The Morgan fingerprint density at radius 2 is 2.04 bits per heavy atom. The van der Waals surface area contributed by atoms with E-state index in [1.807, 2.05) is 23.1 Å². The summed E-state index contributed by atoms with van der Waals surface area (Å²) in [6.07, 6.45) is -0.385. The van der Waals surface area contributed by atoms with E-state index in [1.54, 1.807) is 0 Å². The minimum Gasteiger partial charge on any atom is -0.379 e. The molecule has 0 aromatic heterocycles. The second kappa shape index (κ2) is 9.29. The lowest BCUT2D eigenvalue weighted by Crippen LogP contribution is -2.54. The van der Waals surface area contributed by atoms with Gasteiger partial charge in [-0.1, -0.05) is 30.3 Å². The molecule has 0 saturated carbocycles. The van der Waals surface area contributed by atoms with Gasteiger partial charge in [-0.05, 0) is 12.5 Å². The summed E-state index contributed by atoms with van der Waals surface area (Å²) in [5.74, 6) is 0.0804. The van der Waals surface area contributed by atoms with Gasteiger partial charge in [-0.15, -0.1) is 0 Å². The maximum atomic E-state index is 13.1. The van der Waals surface area contributed by atoms with Gasteiger partial charge in [0.15, 0.2) is 0 Å². The summed E-state index contributed by atoms with van der Waals surface area (Å²) in [5.41, 5.74) is 1.15. The van der Waals surface area contributed by atoms with Crippen molar-refractivity contribution in [2.75, 3.05) is 52.5 Å². The van der Waals surface area contributed by atoms with E-state index in [0.717, 1.165) is 45.0 Å². The van der Waals surface area contributed by atoms with Gasteiger partial charge < -0.3 is 19.7 Å². The van der Waals surface area contributed by atoms with Crippen molar-refractivity contribution in [3.8, 4) is 0 Å². The molecule has 2 unspecified atom stereocenters. The molecule has 2 heterocycles. The monoisotopic (exact) mass is 347 g/mol. The van der Waals surface area contributed by atoms with Crippen molar-refractivity contribution < 1.29 is 14.3 Å². The standard InChI is InChI=1S/C19H29N3O3/c1-16(14-21-8-11-24-12-9-21)22(15-17-5-3-2-4-6-17)19(23)18-13-20-7-10-25-18/h2-6,16,18,20H,7-15H2,1H3. The molecular formula is C19H29N3O3. The molecule has 2 saturated heterocycles. The molecular weight excluding hydrogens is 318 g/mol. The molecule has 1 amide bonds. The highest BCUT2D eigenvalue weighted by Crippen LogP contribution is 2.14. The van der Waals surface area contributed by atoms with Crippen molar-refractivity contribution in [2.45, 2.75) is 25.6 Å². The van der Waals surface area contributed by atoms with Crippen molar-refractivity contribution in [2.24, 2.45) is 0 Å². The Morgan fingerprint density at radius 1 is 1.28 bits per heavy atom. The van der Waals surface area contributed by atoms with E-state index in [4.69, 9.17) is 9.47 Å². The first-order valence-electron chi connectivity index (χ1n) is 9.21. The molecule has 1 aromatic rings. The first-order chi connectivity index (χ1) is 12.2. The number of carbonyl (C=O) groups excluding carboxylic acids is 1. The van der Waals surface area contributed by atoms with Crippen molar-refractivity contribution >= 4 is 5.91 Å². The van der Waals surface area contributed by atoms with E-state index in [2.05, 4.69) is 29.3 Å². The molecule has 0 radical (unpaired) electrons. The average molecular weight is 347 g/mol. The lowest BCUT2D eigenvalue weighted by molar-refractivity contribution is -0.148. The number of nitrogens with zero attached hydrogens (tertiary/aromatic N) is 2. The highest BCUT2D eigenvalue weighted by Gasteiger charge is 2.30. The molecule has 6 heteroatoms. The van der Waals surface area contributed by atoms with Crippen molar-refractivity contribution in [3.05, 3.63) is 35.9 Å². The molecule has 1 aromatic carbocycles. The summed E-state index contributed by atoms with van der Waals surface area (Å²) in [5, 5.41) is 3.26. The van der Waals surface area contributed by atoms with Gasteiger partial charge in [-0.3, -0.25) is 9.69 Å². The van der Waals surface area contributed by atoms with Crippen LogP contribution in [0.25, 0.3) is 0 Å². The maximum Gasteiger partial charge on any atom is 0.253 e. The molecule has 2 aliphatic heterocycles. The summed E-state index contributed by atoms with van der Waals surface area (Å²) in [7, 11) is 0. The smallest absolute Gasteiger partial charge is 0.253 e. The largest absolute Gasteiger partial charge is 0.379 e. The Hall–Kier alpha value is -1.47. The zero-order valence-electron chi connectivity index (χ0n) is 15.0. The summed E-state index contributed by atoms with van der Waals surface area (Å²) in [6, 6.07) is 10.3. The molecule has 1 N–H and O–H groups in total. The Kier molecular flexibility index (Phi) is 6.81. The number of morpholine rings is 2. The van der Waals surface area contributed by atoms with Crippen LogP contribution in [-0.4, -0.2) is 80.4 Å². The summed E-state index contributed by atoms with van der Waals surface area (Å²) in [4.78, 5) is 17.5. The second-order valence-electron chi connectivity index (χ2n) is 6.78. The zero-order chi connectivity index (χ0) is 17.5. The molecule has 0 bridgehead atoms. The van der Waals surface area contributed by atoms with Gasteiger partial charge in [-0.2, -0.15) is 0 Å². The molecule has 0 spiro atoms. The van der Waals surface area contributed by atoms with Gasteiger partial charge in [0.25, 0.3) is 5.91 Å². The minimum absolute atomic E-state index is 0.0804. The van der Waals surface area contributed by atoms with Crippen LogP contribution in [0.1, 0.15) is 12.5 Å². The first-order valence-corrected chi connectivity index (χ1v) is 9.21. The van der Waals surface area contributed by atoms with E-state index in [1.165, 1.54) is 0 Å². The predicted molar refractivity (Wildman–Crippen MR) is 96.3 cm³/mol. The summed E-state index contributed by atoms with van der Waals surface area (Å²) in [6.45, 7) is 9.01. The van der Waals surface area contributed by atoms with Crippen LogP contribution in [0.5, 0.6) is 0 Å². The molecule has 6 nitrogen and oxygen atoms in total. The Balaban J connectivity index is 1.69. The number of benzene rings is 1. The maximum absolute atomic E-state index is 13.1. The highest BCUT2D eigenvalue weighted by molar-refractivity contribution is 5.81. The molecule has 25 heavy (non-hydrogen) atoms. The van der Waals surface area contributed by atoms with Gasteiger partial charge in [0.1, 0.15) is 6.10 Å². The molecule has 0 aliphatic carbocycles. The lowest BCUT2D eigenvalue weighted by atomic mass is 10.1. The fraction of sp³-hybridized carbons (Fsp3) is 0.632. The van der Waals surface area contributed by atoms with Crippen LogP contribution in [0.3, 0.4) is 0 Å². The number of amides is 1. The van der Waals surface area contributed by atoms with E-state index in [-0.39, 0.29) is 18.1 Å². The minimum atomic E-state index is -0.385. The number of hydrogen-bond acceptors (Lipinski definition) is 5. The van der Waals surface area contributed by atoms with Crippen LogP contribution in [-0.2, 0) is 20.8 Å². The molecule has 138 valence electrons. The van der Waals surface area contributed by atoms with Crippen LogP contribution in [0.2, 0.25) is 0 Å². The normalized spacial score (nSPS) is 23.2. The van der Waals surface area contributed by atoms with Crippen molar-refractivity contribution in [1.29, 1.82) is 0 Å². The summed E-state index contributed by atoms with van der Waals surface area (Å²) >= 11 is 0. The molecule has 2 aliphatic rings. The Morgan fingerprint density at radius 3 is 2.72 bits per heavy atom. The first kappa shape index (κ1) is 18.3. The van der Waals surface area contributed by atoms with Gasteiger partial charge in [0.2, 0.25) is 0 Å². The van der Waals surface area contributed by atoms with Gasteiger partial charge >= 0.3 is 0 Å². The van der Waals surface area contributed by atoms with Crippen molar-refractivity contribution in [1.82, 2.24) is 15.1 Å². The quantitative estimate of drug-likeness (QED) is 0.822. The number of ether oxygens (including phenoxy) is 2. The number of rotatable bonds is 6. The Labute approximate surface area is 150 Å². The summed E-state index contributed by atoms with van der Waals surface area (Å²) < 4.78 is 11.1. The van der Waals surface area contributed by atoms with Crippen molar-refractivity contribution in [3.63, 3.8) is 0 Å². The molecule has 3 rings (SSSR count).